The van der Waals surface area contributed by atoms with Crippen LogP contribution in [0.4, 0.5) is 8.78 Å². The van der Waals surface area contributed by atoms with Crippen molar-refractivity contribution < 1.29 is 8.78 Å². The maximum atomic E-state index is 13.3. The van der Waals surface area contributed by atoms with Crippen LogP contribution >= 0.6 is 0 Å². The fraction of sp³-hybridized carbons (Fsp3) is 0.500. The van der Waals surface area contributed by atoms with Gasteiger partial charge in [0.15, 0.2) is 0 Å². The van der Waals surface area contributed by atoms with Gasteiger partial charge in [-0.1, -0.05) is 0 Å². The Kier molecular flexibility index (Phi) is 4.47. The number of benzene rings is 1. The Balaban J connectivity index is 1.70. The van der Waals surface area contributed by atoms with Crippen molar-refractivity contribution >= 4 is 0 Å². The van der Waals surface area contributed by atoms with Gasteiger partial charge in [-0.05, 0) is 44.0 Å². The Labute approximate surface area is 128 Å². The number of aromatic nitrogens is 3. The molecule has 1 aromatic heterocycles. The minimum Gasteiger partial charge on any atom is -0.318 e. The molecule has 0 spiro atoms. The zero-order valence-electron chi connectivity index (χ0n) is 12.7. The van der Waals surface area contributed by atoms with Crippen LogP contribution in [0.3, 0.4) is 0 Å². The predicted molar refractivity (Wildman–Crippen MR) is 79.3 cm³/mol. The molecule has 2 aromatic rings. The second-order valence-electron chi connectivity index (χ2n) is 5.83. The van der Waals surface area contributed by atoms with E-state index in [2.05, 4.69) is 26.6 Å². The van der Waals surface area contributed by atoms with Crippen LogP contribution in [0.2, 0.25) is 0 Å². The molecular weight excluding hydrogens is 286 g/mol. The molecule has 0 aliphatic carbocycles. The summed E-state index contributed by atoms with van der Waals surface area (Å²) in [6.07, 6.45) is 3.89. The summed E-state index contributed by atoms with van der Waals surface area (Å²) in [5.41, 5.74) is 0.676. The highest BCUT2D eigenvalue weighted by Crippen LogP contribution is 2.26. The summed E-state index contributed by atoms with van der Waals surface area (Å²) < 4.78 is 28.7. The molecule has 1 aromatic carbocycles. The van der Waals surface area contributed by atoms with Crippen molar-refractivity contribution in [3.63, 3.8) is 0 Å². The first kappa shape index (κ1) is 15.1. The standard InChI is InChI=1S/C16H20F2N4/c1-2-22-11-19-20-16(22)13-4-3-5-21(10-13)9-12-6-14(17)8-15(18)7-12/h6-8,11,13H,2-5,9-10H2,1H3. The molecule has 1 fully saturated rings. The lowest BCUT2D eigenvalue weighted by molar-refractivity contribution is 0.194. The highest BCUT2D eigenvalue weighted by atomic mass is 19.1. The number of nitrogens with zero attached hydrogens (tertiary/aromatic N) is 4. The van der Waals surface area contributed by atoms with Crippen LogP contribution in [0.5, 0.6) is 0 Å². The van der Waals surface area contributed by atoms with E-state index in [1.807, 2.05) is 0 Å². The van der Waals surface area contributed by atoms with Crippen LogP contribution in [-0.4, -0.2) is 32.8 Å². The van der Waals surface area contributed by atoms with Crippen molar-refractivity contribution in [2.75, 3.05) is 13.1 Å². The Morgan fingerprint density at radius 1 is 1.23 bits per heavy atom. The molecule has 1 saturated heterocycles. The number of hydrogen-bond donors (Lipinski definition) is 0. The zero-order chi connectivity index (χ0) is 15.5. The molecule has 0 radical (unpaired) electrons. The van der Waals surface area contributed by atoms with Gasteiger partial charge in [0.2, 0.25) is 0 Å². The van der Waals surface area contributed by atoms with Crippen LogP contribution in [-0.2, 0) is 13.1 Å². The van der Waals surface area contributed by atoms with E-state index >= 15 is 0 Å². The third-order valence-electron chi connectivity index (χ3n) is 4.19. The van der Waals surface area contributed by atoms with Gasteiger partial charge in [-0.15, -0.1) is 10.2 Å². The van der Waals surface area contributed by atoms with Crippen LogP contribution in [0.25, 0.3) is 0 Å². The number of aryl methyl sites for hydroxylation is 1. The molecule has 1 aliphatic rings. The maximum Gasteiger partial charge on any atom is 0.137 e. The summed E-state index contributed by atoms with van der Waals surface area (Å²) in [4.78, 5) is 2.23. The minimum absolute atomic E-state index is 0.328. The van der Waals surface area contributed by atoms with Crippen molar-refractivity contribution in [1.29, 1.82) is 0 Å². The van der Waals surface area contributed by atoms with Crippen molar-refractivity contribution in [3.05, 3.63) is 47.5 Å². The lowest BCUT2D eigenvalue weighted by Gasteiger charge is -2.32. The van der Waals surface area contributed by atoms with Crippen LogP contribution in [0, 0.1) is 11.6 Å². The molecule has 1 aliphatic heterocycles. The molecule has 4 nitrogen and oxygen atoms in total. The van der Waals surface area contributed by atoms with Crippen molar-refractivity contribution in [2.24, 2.45) is 0 Å². The summed E-state index contributed by atoms with van der Waals surface area (Å²) in [5, 5.41) is 8.24. The third-order valence-corrected chi connectivity index (χ3v) is 4.19. The average Bonchev–Trinajstić information content (AvgIpc) is 2.95. The quantitative estimate of drug-likeness (QED) is 0.871. The number of rotatable bonds is 4. The summed E-state index contributed by atoms with van der Waals surface area (Å²) in [6, 6.07) is 3.72. The maximum absolute atomic E-state index is 13.3. The fourth-order valence-electron chi connectivity index (χ4n) is 3.19. The summed E-state index contributed by atoms with van der Waals surface area (Å²) in [7, 11) is 0. The second-order valence-corrected chi connectivity index (χ2v) is 5.83. The molecule has 22 heavy (non-hydrogen) atoms. The normalized spacial score (nSPS) is 19.5. The Morgan fingerprint density at radius 3 is 2.73 bits per heavy atom. The van der Waals surface area contributed by atoms with E-state index in [9.17, 15) is 8.78 Å². The van der Waals surface area contributed by atoms with E-state index in [-0.39, 0.29) is 0 Å². The Morgan fingerprint density at radius 2 is 2.00 bits per heavy atom. The van der Waals surface area contributed by atoms with Crippen molar-refractivity contribution in [1.82, 2.24) is 19.7 Å². The molecule has 0 amide bonds. The number of halogens is 2. The van der Waals surface area contributed by atoms with E-state index in [0.717, 1.165) is 44.4 Å². The topological polar surface area (TPSA) is 34.0 Å². The van der Waals surface area contributed by atoms with Crippen LogP contribution < -0.4 is 0 Å². The highest BCUT2D eigenvalue weighted by Gasteiger charge is 2.25. The Bertz CT molecular complexity index is 621. The number of piperidine rings is 1. The second kappa shape index (κ2) is 6.52. The molecule has 6 heteroatoms. The van der Waals surface area contributed by atoms with Crippen molar-refractivity contribution in [3.8, 4) is 0 Å². The van der Waals surface area contributed by atoms with Crippen LogP contribution in [0.15, 0.2) is 24.5 Å². The molecule has 0 N–H and O–H groups in total. The minimum atomic E-state index is -0.519. The SMILES string of the molecule is CCn1cnnc1C1CCCN(Cc2cc(F)cc(F)c2)C1. The third kappa shape index (κ3) is 3.32. The first-order valence-corrected chi connectivity index (χ1v) is 7.70. The molecule has 1 unspecified atom stereocenters. The van der Waals surface area contributed by atoms with Gasteiger partial charge in [0, 0.05) is 31.6 Å². The average molecular weight is 306 g/mol. The zero-order valence-corrected chi connectivity index (χ0v) is 12.7. The summed E-state index contributed by atoms with van der Waals surface area (Å²) in [6.45, 7) is 5.27. The predicted octanol–water partition coefficient (Wildman–Crippen LogP) is 2.96. The van der Waals surface area contributed by atoms with Gasteiger partial charge in [0.25, 0.3) is 0 Å². The van der Waals surface area contributed by atoms with Gasteiger partial charge in [-0.2, -0.15) is 0 Å². The van der Waals surface area contributed by atoms with Gasteiger partial charge >= 0.3 is 0 Å². The monoisotopic (exact) mass is 306 g/mol. The number of likely N-dealkylation sites (tertiary alicyclic amines) is 1. The summed E-state index contributed by atoms with van der Waals surface area (Å²) >= 11 is 0. The van der Waals surface area contributed by atoms with Gasteiger partial charge in [-0.25, -0.2) is 8.78 Å². The highest BCUT2D eigenvalue weighted by molar-refractivity contribution is 5.18. The molecule has 118 valence electrons. The fourth-order valence-corrected chi connectivity index (χ4v) is 3.19. The molecular formula is C16H20F2N4. The van der Waals surface area contributed by atoms with E-state index in [0.29, 0.717) is 18.0 Å². The lowest BCUT2D eigenvalue weighted by atomic mass is 9.96. The van der Waals surface area contributed by atoms with Gasteiger partial charge < -0.3 is 4.57 Å². The molecule has 1 atom stereocenters. The van der Waals surface area contributed by atoms with E-state index in [4.69, 9.17) is 0 Å². The number of hydrogen-bond acceptors (Lipinski definition) is 3. The van der Waals surface area contributed by atoms with E-state index < -0.39 is 11.6 Å². The first-order valence-electron chi connectivity index (χ1n) is 7.70. The van der Waals surface area contributed by atoms with Gasteiger partial charge in [-0.3, -0.25) is 4.90 Å². The Hall–Kier alpha value is -1.82. The van der Waals surface area contributed by atoms with Gasteiger partial charge in [0.05, 0.1) is 0 Å². The lowest BCUT2D eigenvalue weighted by Crippen LogP contribution is -2.35. The van der Waals surface area contributed by atoms with E-state index in [1.165, 1.54) is 12.1 Å². The smallest absolute Gasteiger partial charge is 0.137 e. The molecule has 0 saturated carbocycles. The summed E-state index contributed by atoms with van der Waals surface area (Å²) in [5.74, 6) is 0.302. The van der Waals surface area contributed by atoms with E-state index in [1.54, 1.807) is 6.33 Å². The molecule has 0 bridgehead atoms. The largest absolute Gasteiger partial charge is 0.318 e. The van der Waals surface area contributed by atoms with Gasteiger partial charge in [0.1, 0.15) is 23.8 Å². The molecule has 2 heterocycles. The van der Waals surface area contributed by atoms with Crippen molar-refractivity contribution in [2.45, 2.75) is 38.8 Å². The first-order chi connectivity index (χ1) is 10.7. The molecule has 3 rings (SSSR count). The van der Waals surface area contributed by atoms with Crippen LogP contribution in [0.1, 0.15) is 37.1 Å².